The smallest absolute Gasteiger partial charge is 0.328 e. The van der Waals surface area contributed by atoms with Gasteiger partial charge in [-0.3, -0.25) is 14.4 Å². The summed E-state index contributed by atoms with van der Waals surface area (Å²) >= 11 is 0. The molecule has 0 saturated carbocycles. The molecule has 4 amide bonds. The number of amides is 4. The van der Waals surface area contributed by atoms with E-state index in [1.165, 1.54) is 9.96 Å². The molecule has 0 aromatic carbocycles. The molecule has 0 radical (unpaired) electrons. The number of carbonyl (C=O) groups excluding carboxylic acids is 4. The molecule has 0 spiro atoms. The van der Waals surface area contributed by atoms with Crippen molar-refractivity contribution >= 4 is 23.8 Å². The lowest BCUT2D eigenvalue weighted by Crippen LogP contribution is -2.48. The fourth-order valence-electron chi connectivity index (χ4n) is 3.16. The van der Waals surface area contributed by atoms with Crippen LogP contribution in [0.3, 0.4) is 0 Å². The van der Waals surface area contributed by atoms with Gasteiger partial charge in [-0.05, 0) is 19.3 Å². The van der Waals surface area contributed by atoms with Crippen LogP contribution < -0.4 is 0 Å². The van der Waals surface area contributed by atoms with E-state index in [1.54, 1.807) is 0 Å². The van der Waals surface area contributed by atoms with Gasteiger partial charge in [0.1, 0.15) is 6.04 Å². The molecule has 3 heterocycles. The first-order chi connectivity index (χ1) is 11.5. The van der Waals surface area contributed by atoms with Crippen LogP contribution in [0.4, 0.5) is 4.79 Å². The number of nitrogens with zero attached hydrogens (tertiary/aromatic N) is 3. The van der Waals surface area contributed by atoms with E-state index in [0.29, 0.717) is 31.1 Å². The second kappa shape index (κ2) is 6.76. The molecule has 3 aliphatic heterocycles. The van der Waals surface area contributed by atoms with Crippen LogP contribution in [0.5, 0.6) is 0 Å². The number of hydrogen-bond donors (Lipinski definition) is 0. The summed E-state index contributed by atoms with van der Waals surface area (Å²) in [6.07, 6.45) is 2.92. The molecule has 2 atom stereocenters. The maximum Gasteiger partial charge on any atom is 0.355 e. The summed E-state index contributed by atoms with van der Waals surface area (Å²) in [4.78, 5) is 59.7. The molecule has 0 aromatic rings. The molecule has 3 saturated heterocycles. The predicted molar refractivity (Wildman–Crippen MR) is 78.8 cm³/mol. The lowest BCUT2D eigenvalue weighted by atomic mass is 10.0. The van der Waals surface area contributed by atoms with Crippen molar-refractivity contribution in [2.75, 3.05) is 13.2 Å². The first kappa shape index (κ1) is 16.7. The maximum atomic E-state index is 12.4. The monoisotopic (exact) mass is 339 g/mol. The molecule has 0 aliphatic carbocycles. The molecule has 132 valence electrons. The first-order valence-corrected chi connectivity index (χ1v) is 8.33. The van der Waals surface area contributed by atoms with Gasteiger partial charge in [-0.25, -0.2) is 9.59 Å². The van der Waals surface area contributed by atoms with Gasteiger partial charge < -0.3 is 9.74 Å². The number of piperidine rings is 1. The van der Waals surface area contributed by atoms with E-state index >= 15 is 0 Å². The van der Waals surface area contributed by atoms with Gasteiger partial charge in [-0.1, -0.05) is 13.3 Å². The summed E-state index contributed by atoms with van der Waals surface area (Å²) in [5.41, 5.74) is 0. The minimum Gasteiger partial charge on any atom is -0.328 e. The average Bonchev–Trinajstić information content (AvgIpc) is 3.01. The highest BCUT2D eigenvalue weighted by Crippen LogP contribution is 2.31. The van der Waals surface area contributed by atoms with Crippen LogP contribution in [0.25, 0.3) is 0 Å². The fraction of sp³-hybridized carbons (Fsp3) is 0.733. The van der Waals surface area contributed by atoms with Crippen molar-refractivity contribution < 1.29 is 28.9 Å². The number of unbranched alkanes of at least 4 members (excludes halogenated alkanes) is 1. The number of hydrogen-bond acceptors (Lipinski definition) is 6. The number of urea groups is 1. The average molecular weight is 339 g/mol. The van der Waals surface area contributed by atoms with Gasteiger partial charge in [-0.15, -0.1) is 5.06 Å². The molecule has 0 N–H and O–H groups in total. The van der Waals surface area contributed by atoms with E-state index in [9.17, 15) is 19.2 Å². The highest BCUT2D eigenvalue weighted by atomic mass is 16.7. The summed E-state index contributed by atoms with van der Waals surface area (Å²) in [5.74, 6) is -1.81. The van der Waals surface area contributed by atoms with Crippen molar-refractivity contribution in [2.45, 2.75) is 57.5 Å². The number of carbonyl (C=O) groups is 4. The van der Waals surface area contributed by atoms with Crippen LogP contribution in [-0.4, -0.2) is 64.1 Å². The molecule has 0 aromatic heterocycles. The molecule has 9 heteroatoms. The third-order valence-electron chi connectivity index (χ3n) is 4.51. The van der Waals surface area contributed by atoms with Gasteiger partial charge >= 0.3 is 12.0 Å². The molecule has 3 fully saturated rings. The van der Waals surface area contributed by atoms with Crippen LogP contribution in [-0.2, 0) is 24.1 Å². The molecule has 3 aliphatic rings. The van der Waals surface area contributed by atoms with Crippen LogP contribution in [0.2, 0.25) is 0 Å². The van der Waals surface area contributed by atoms with Crippen molar-refractivity contribution in [1.82, 2.24) is 15.0 Å². The molecular formula is C15H21N3O6. The summed E-state index contributed by atoms with van der Waals surface area (Å²) in [6, 6.07) is -1.24. The van der Waals surface area contributed by atoms with Crippen molar-refractivity contribution in [2.24, 2.45) is 0 Å². The zero-order chi connectivity index (χ0) is 17.3. The van der Waals surface area contributed by atoms with Crippen LogP contribution in [0.1, 0.15) is 45.4 Å². The highest BCUT2D eigenvalue weighted by Gasteiger charge is 2.49. The quantitative estimate of drug-likeness (QED) is 0.519. The van der Waals surface area contributed by atoms with E-state index < -0.39 is 23.8 Å². The van der Waals surface area contributed by atoms with Crippen molar-refractivity contribution in [3.05, 3.63) is 0 Å². The Morgan fingerprint density at radius 1 is 1.17 bits per heavy atom. The van der Waals surface area contributed by atoms with Gasteiger partial charge in [0.05, 0.1) is 12.6 Å². The molecular weight excluding hydrogens is 318 g/mol. The summed E-state index contributed by atoms with van der Waals surface area (Å²) in [5, 5.41) is 1.86. The standard InChI is InChI=1S/C15H21N3O6/c1-2-3-8-23-17-10-4-5-11(16(9-10)15(17)22)14(21)24-18-12(19)6-7-13(18)20/h10-11H,2-9H2,1H3/t10-,11-/m0/s1. The number of imide groups is 1. The third-order valence-corrected chi connectivity index (χ3v) is 4.51. The highest BCUT2D eigenvalue weighted by molar-refractivity contribution is 6.02. The Kier molecular flexibility index (Phi) is 4.70. The number of fused-ring (bicyclic) bond motifs is 2. The van der Waals surface area contributed by atoms with Crippen LogP contribution >= 0.6 is 0 Å². The van der Waals surface area contributed by atoms with Gasteiger partial charge in [0.2, 0.25) is 0 Å². The summed E-state index contributed by atoms with van der Waals surface area (Å²) in [7, 11) is 0. The first-order valence-electron chi connectivity index (χ1n) is 8.33. The topological polar surface area (TPSA) is 96.5 Å². The van der Waals surface area contributed by atoms with Crippen molar-refractivity contribution in [3.8, 4) is 0 Å². The summed E-state index contributed by atoms with van der Waals surface area (Å²) < 4.78 is 0. The normalized spacial score (nSPS) is 26.5. The van der Waals surface area contributed by atoms with Gasteiger partial charge in [-0.2, -0.15) is 5.06 Å². The lowest BCUT2D eigenvalue weighted by Gasteiger charge is -2.29. The Labute approximate surface area is 139 Å². The largest absolute Gasteiger partial charge is 0.355 e. The molecule has 9 nitrogen and oxygen atoms in total. The second-order valence-electron chi connectivity index (χ2n) is 6.19. The Balaban J connectivity index is 1.62. The van der Waals surface area contributed by atoms with Crippen LogP contribution in [0, 0.1) is 0 Å². The zero-order valence-electron chi connectivity index (χ0n) is 13.6. The minimum absolute atomic E-state index is 0.0422. The van der Waals surface area contributed by atoms with E-state index in [4.69, 9.17) is 9.68 Å². The SMILES string of the molecule is CCCCON1C(=O)N2C[C@@H]1CC[C@H]2C(=O)ON1C(=O)CCC1=O. The fourth-order valence-corrected chi connectivity index (χ4v) is 3.16. The van der Waals surface area contributed by atoms with E-state index in [0.717, 1.165) is 12.8 Å². The van der Waals surface area contributed by atoms with Gasteiger partial charge in [0.25, 0.3) is 11.8 Å². The molecule has 2 bridgehead atoms. The summed E-state index contributed by atoms with van der Waals surface area (Å²) in [6.45, 7) is 2.87. The Hall–Kier alpha value is -2.16. The van der Waals surface area contributed by atoms with Crippen LogP contribution in [0.15, 0.2) is 0 Å². The molecule has 0 unspecified atom stereocenters. The van der Waals surface area contributed by atoms with E-state index in [1.807, 2.05) is 6.92 Å². The predicted octanol–water partition coefficient (Wildman–Crippen LogP) is 0.594. The van der Waals surface area contributed by atoms with Gasteiger partial charge in [0, 0.05) is 19.4 Å². The minimum atomic E-state index is -0.797. The lowest BCUT2D eigenvalue weighted by molar-refractivity contribution is -0.201. The van der Waals surface area contributed by atoms with E-state index in [2.05, 4.69) is 0 Å². The third kappa shape index (κ3) is 2.95. The number of hydroxylamine groups is 4. The zero-order valence-corrected chi connectivity index (χ0v) is 13.6. The molecule has 3 rings (SSSR count). The van der Waals surface area contributed by atoms with Crippen molar-refractivity contribution in [1.29, 1.82) is 0 Å². The Morgan fingerprint density at radius 3 is 2.54 bits per heavy atom. The van der Waals surface area contributed by atoms with Gasteiger partial charge in [0.15, 0.2) is 0 Å². The van der Waals surface area contributed by atoms with Crippen molar-refractivity contribution in [3.63, 3.8) is 0 Å². The number of rotatable bonds is 6. The Bertz CT molecular complexity index is 549. The maximum absolute atomic E-state index is 12.4. The Morgan fingerprint density at radius 2 is 1.88 bits per heavy atom. The second-order valence-corrected chi connectivity index (χ2v) is 6.19. The molecule has 24 heavy (non-hydrogen) atoms. The van der Waals surface area contributed by atoms with E-state index in [-0.39, 0.29) is 24.9 Å².